The second kappa shape index (κ2) is 9.51. The lowest BCUT2D eigenvalue weighted by Gasteiger charge is -2.19. The van der Waals surface area contributed by atoms with E-state index in [1.807, 2.05) is 25.1 Å². The molecule has 0 heterocycles. The highest BCUT2D eigenvalue weighted by Crippen LogP contribution is 2.33. The number of amides is 1. The number of nitrogens with one attached hydrogen (secondary N) is 1. The first-order valence-electron chi connectivity index (χ1n) is 10.2. The van der Waals surface area contributed by atoms with Gasteiger partial charge in [0, 0.05) is 11.8 Å². The molecule has 7 heteroatoms. The van der Waals surface area contributed by atoms with Crippen LogP contribution in [0.3, 0.4) is 0 Å². The number of methoxy groups -OCH3 is 1. The molecule has 6 nitrogen and oxygen atoms in total. The molecule has 2 aromatic carbocycles. The fourth-order valence-corrected chi connectivity index (χ4v) is 4.49. The number of hydrogen-bond acceptors (Lipinski definition) is 5. The lowest BCUT2D eigenvalue weighted by atomic mass is 10.1. The van der Waals surface area contributed by atoms with Crippen molar-refractivity contribution in [1.82, 2.24) is 5.32 Å². The van der Waals surface area contributed by atoms with Gasteiger partial charge in [-0.25, -0.2) is 8.42 Å². The van der Waals surface area contributed by atoms with Gasteiger partial charge in [0.25, 0.3) is 5.91 Å². The maximum absolute atomic E-state index is 12.7. The fourth-order valence-electron chi connectivity index (χ4n) is 3.71. The third-order valence-corrected chi connectivity index (χ3v) is 6.11. The Bertz CT molecular complexity index is 996. The largest absolute Gasteiger partial charge is 0.493 e. The Morgan fingerprint density at radius 1 is 1.13 bits per heavy atom. The topological polar surface area (TPSA) is 81.7 Å². The fraction of sp³-hybridized carbons (Fsp3) is 0.435. The molecule has 0 radical (unpaired) electrons. The molecule has 1 aliphatic rings. The molecule has 1 atom stereocenters. The Hall–Kier alpha value is -2.54. The minimum absolute atomic E-state index is 0.0939. The van der Waals surface area contributed by atoms with Gasteiger partial charge >= 0.3 is 0 Å². The Kier molecular flexibility index (Phi) is 7.02. The maximum Gasteiger partial charge on any atom is 0.251 e. The highest BCUT2D eigenvalue weighted by molar-refractivity contribution is 7.89. The predicted molar refractivity (Wildman–Crippen MR) is 117 cm³/mol. The highest BCUT2D eigenvalue weighted by Gasteiger charge is 2.20. The third kappa shape index (κ3) is 5.98. The molecule has 2 aromatic rings. The average molecular weight is 432 g/mol. The Labute approximate surface area is 178 Å². The van der Waals surface area contributed by atoms with Crippen molar-refractivity contribution < 1.29 is 22.7 Å². The van der Waals surface area contributed by atoms with Crippen LogP contribution < -0.4 is 14.8 Å². The summed E-state index contributed by atoms with van der Waals surface area (Å²) in [6.45, 7) is 1.89. The van der Waals surface area contributed by atoms with E-state index in [1.54, 1.807) is 31.4 Å². The molecule has 3 rings (SSSR count). The van der Waals surface area contributed by atoms with Gasteiger partial charge in [-0.15, -0.1) is 0 Å². The van der Waals surface area contributed by atoms with Crippen LogP contribution in [0.1, 0.15) is 60.1 Å². The van der Waals surface area contributed by atoms with E-state index in [9.17, 15) is 13.2 Å². The summed E-state index contributed by atoms with van der Waals surface area (Å²) < 4.78 is 34.6. The molecule has 0 spiro atoms. The molecule has 0 saturated heterocycles. The number of hydrogen-bond donors (Lipinski definition) is 1. The van der Waals surface area contributed by atoms with E-state index in [0.717, 1.165) is 24.2 Å². The van der Waals surface area contributed by atoms with Crippen LogP contribution in [0.25, 0.3) is 0 Å². The lowest BCUT2D eigenvalue weighted by molar-refractivity contribution is 0.0939. The van der Waals surface area contributed by atoms with Gasteiger partial charge in [-0.1, -0.05) is 18.2 Å². The number of ether oxygens (including phenoxy) is 2. The van der Waals surface area contributed by atoms with Crippen LogP contribution in [0.4, 0.5) is 0 Å². The number of carbonyl (C=O) groups excluding carboxylic acids is 1. The van der Waals surface area contributed by atoms with Crippen molar-refractivity contribution in [2.45, 2.75) is 50.5 Å². The quantitative estimate of drug-likeness (QED) is 0.682. The van der Waals surface area contributed by atoms with Crippen molar-refractivity contribution in [2.75, 3.05) is 13.4 Å². The molecule has 1 N–H and O–H groups in total. The number of carbonyl (C=O) groups is 1. The van der Waals surface area contributed by atoms with Crippen molar-refractivity contribution in [3.8, 4) is 11.5 Å². The van der Waals surface area contributed by atoms with Crippen LogP contribution >= 0.6 is 0 Å². The summed E-state index contributed by atoms with van der Waals surface area (Å²) >= 11 is 0. The van der Waals surface area contributed by atoms with E-state index in [2.05, 4.69) is 5.32 Å². The zero-order valence-electron chi connectivity index (χ0n) is 17.7. The monoisotopic (exact) mass is 431 g/mol. The summed E-state index contributed by atoms with van der Waals surface area (Å²) in [6.07, 6.45) is 5.93. The standard InChI is InChI=1S/C23H29NO5S/c1-16(24-23(25)19-8-6-7-17(13-19)15-30(3,26)27)18-11-12-21(22(14-18)28-2)29-20-9-4-5-10-20/h6-8,11-14,16,20H,4-5,9-10,15H2,1-3H3,(H,24,25). The summed E-state index contributed by atoms with van der Waals surface area (Å²) in [7, 11) is -1.56. The molecule has 0 aromatic heterocycles. The van der Waals surface area contributed by atoms with Crippen LogP contribution in [0.2, 0.25) is 0 Å². The van der Waals surface area contributed by atoms with Gasteiger partial charge in [-0.3, -0.25) is 4.79 Å². The van der Waals surface area contributed by atoms with E-state index in [4.69, 9.17) is 9.47 Å². The van der Waals surface area contributed by atoms with Gasteiger partial charge in [-0.05, 0) is 68.0 Å². The van der Waals surface area contributed by atoms with Gasteiger partial charge in [-0.2, -0.15) is 0 Å². The Morgan fingerprint density at radius 3 is 2.53 bits per heavy atom. The molecule has 0 aliphatic heterocycles. The molecule has 1 fully saturated rings. The minimum Gasteiger partial charge on any atom is -0.493 e. The Morgan fingerprint density at radius 2 is 1.87 bits per heavy atom. The van der Waals surface area contributed by atoms with Crippen molar-refractivity contribution in [3.05, 3.63) is 59.2 Å². The van der Waals surface area contributed by atoms with Crippen LogP contribution in [-0.4, -0.2) is 33.8 Å². The first-order valence-corrected chi connectivity index (χ1v) is 12.2. The molecule has 1 amide bonds. The third-order valence-electron chi connectivity index (χ3n) is 5.25. The first-order chi connectivity index (χ1) is 14.2. The summed E-state index contributed by atoms with van der Waals surface area (Å²) in [5.41, 5.74) is 1.91. The van der Waals surface area contributed by atoms with Gasteiger partial charge in [0.05, 0.1) is 25.0 Å². The van der Waals surface area contributed by atoms with Crippen molar-refractivity contribution in [3.63, 3.8) is 0 Å². The van der Waals surface area contributed by atoms with Crippen LogP contribution in [0.15, 0.2) is 42.5 Å². The lowest BCUT2D eigenvalue weighted by Crippen LogP contribution is -2.26. The summed E-state index contributed by atoms with van der Waals surface area (Å²) in [4.78, 5) is 12.7. The molecule has 0 bridgehead atoms. The highest BCUT2D eigenvalue weighted by atomic mass is 32.2. The molecule has 1 aliphatic carbocycles. The Balaban J connectivity index is 1.69. The molecular weight excluding hydrogens is 402 g/mol. The molecular formula is C23H29NO5S. The number of rotatable bonds is 8. The van der Waals surface area contributed by atoms with Crippen molar-refractivity contribution in [1.29, 1.82) is 0 Å². The maximum atomic E-state index is 12.7. The predicted octanol–water partition coefficient (Wildman–Crippen LogP) is 4.05. The zero-order chi connectivity index (χ0) is 21.7. The normalized spacial score (nSPS) is 15.6. The van der Waals surface area contributed by atoms with Gasteiger partial charge < -0.3 is 14.8 Å². The van der Waals surface area contributed by atoms with E-state index < -0.39 is 9.84 Å². The number of benzene rings is 2. The second-order valence-corrected chi connectivity index (χ2v) is 10.0. The smallest absolute Gasteiger partial charge is 0.251 e. The molecule has 1 unspecified atom stereocenters. The molecule has 1 saturated carbocycles. The SMILES string of the molecule is COc1cc(C(C)NC(=O)c2cccc(CS(C)(=O)=O)c2)ccc1OC1CCCC1. The summed E-state index contributed by atoms with van der Waals surface area (Å²) in [5.74, 6) is 1.02. The number of sulfone groups is 1. The zero-order valence-corrected chi connectivity index (χ0v) is 18.5. The van der Waals surface area contributed by atoms with Crippen molar-refractivity contribution >= 4 is 15.7 Å². The second-order valence-electron chi connectivity index (χ2n) is 7.90. The van der Waals surface area contributed by atoms with E-state index in [0.29, 0.717) is 16.9 Å². The molecule has 30 heavy (non-hydrogen) atoms. The average Bonchev–Trinajstić information content (AvgIpc) is 3.20. The minimum atomic E-state index is -3.16. The van der Waals surface area contributed by atoms with Gasteiger partial charge in [0.15, 0.2) is 21.3 Å². The van der Waals surface area contributed by atoms with E-state index in [-0.39, 0.29) is 23.8 Å². The molecule has 162 valence electrons. The van der Waals surface area contributed by atoms with Crippen LogP contribution in [0.5, 0.6) is 11.5 Å². The van der Waals surface area contributed by atoms with Crippen molar-refractivity contribution in [2.24, 2.45) is 0 Å². The van der Waals surface area contributed by atoms with E-state index in [1.165, 1.54) is 19.1 Å². The van der Waals surface area contributed by atoms with Gasteiger partial charge in [0.1, 0.15) is 0 Å². The van der Waals surface area contributed by atoms with E-state index >= 15 is 0 Å². The van der Waals surface area contributed by atoms with Gasteiger partial charge in [0.2, 0.25) is 0 Å². The summed E-state index contributed by atoms with van der Waals surface area (Å²) in [5, 5.41) is 2.96. The first kappa shape index (κ1) is 22.2. The summed E-state index contributed by atoms with van der Waals surface area (Å²) in [6, 6.07) is 12.1. The van der Waals surface area contributed by atoms with Crippen LogP contribution in [-0.2, 0) is 15.6 Å². The van der Waals surface area contributed by atoms with Crippen LogP contribution in [0, 0.1) is 0 Å².